The Morgan fingerprint density at radius 3 is 2.54 bits per heavy atom. The summed E-state index contributed by atoms with van der Waals surface area (Å²) in [5.74, 6) is -2.37. The van der Waals surface area contributed by atoms with Gasteiger partial charge in [0, 0.05) is 18.2 Å². The van der Waals surface area contributed by atoms with Crippen LogP contribution < -0.4 is 10.1 Å². The molecule has 24 heavy (non-hydrogen) atoms. The van der Waals surface area contributed by atoms with E-state index in [0.717, 1.165) is 12.1 Å². The van der Waals surface area contributed by atoms with Crippen LogP contribution in [0.4, 0.5) is 8.78 Å². The molecule has 2 aromatic carbocycles. The fourth-order valence-corrected chi connectivity index (χ4v) is 1.83. The van der Waals surface area contributed by atoms with Crippen LogP contribution in [0.15, 0.2) is 42.5 Å². The standard InChI is InChI=1S/C17H14F2N2O3/c18-15-6-5-14(7-16(15)19)24-10-13(22)9-21-17(23)12-3-1-11(8-20)2-4-12/h1-7,13,22H,9-10H2,(H,21,23). The van der Waals surface area contributed by atoms with Gasteiger partial charge in [0.05, 0.1) is 11.6 Å². The number of carbonyl (C=O) groups excluding carboxylic acids is 1. The maximum absolute atomic E-state index is 13.0. The topological polar surface area (TPSA) is 82.4 Å². The number of halogens is 2. The number of carbonyl (C=O) groups is 1. The van der Waals surface area contributed by atoms with Crippen LogP contribution in [-0.2, 0) is 0 Å². The minimum absolute atomic E-state index is 0.0753. The van der Waals surface area contributed by atoms with Crippen LogP contribution in [0.3, 0.4) is 0 Å². The molecule has 0 aliphatic rings. The first-order valence-electron chi connectivity index (χ1n) is 7.04. The highest BCUT2D eigenvalue weighted by atomic mass is 19.2. The van der Waals surface area contributed by atoms with E-state index in [1.165, 1.54) is 30.3 Å². The average Bonchev–Trinajstić information content (AvgIpc) is 2.60. The van der Waals surface area contributed by atoms with E-state index < -0.39 is 23.6 Å². The number of hydrogen-bond donors (Lipinski definition) is 2. The molecule has 1 amide bonds. The molecule has 5 nitrogen and oxygen atoms in total. The van der Waals surface area contributed by atoms with Gasteiger partial charge in [0.2, 0.25) is 0 Å². The fourth-order valence-electron chi connectivity index (χ4n) is 1.83. The summed E-state index contributed by atoms with van der Waals surface area (Å²) in [5.41, 5.74) is 0.786. The van der Waals surface area contributed by atoms with Gasteiger partial charge in [-0.25, -0.2) is 8.78 Å². The van der Waals surface area contributed by atoms with Crippen molar-refractivity contribution in [1.82, 2.24) is 5.32 Å². The molecule has 0 fully saturated rings. The van der Waals surface area contributed by atoms with E-state index in [1.807, 2.05) is 6.07 Å². The Hall–Kier alpha value is -2.98. The minimum atomic E-state index is -1.05. The Morgan fingerprint density at radius 2 is 1.92 bits per heavy atom. The third-order valence-electron chi connectivity index (χ3n) is 3.11. The fraction of sp³-hybridized carbons (Fsp3) is 0.176. The van der Waals surface area contributed by atoms with Gasteiger partial charge >= 0.3 is 0 Å². The smallest absolute Gasteiger partial charge is 0.251 e. The number of nitrogens with zero attached hydrogens (tertiary/aromatic N) is 1. The second-order valence-electron chi connectivity index (χ2n) is 4.94. The number of benzene rings is 2. The quantitative estimate of drug-likeness (QED) is 0.848. The molecule has 2 aromatic rings. The molecule has 1 atom stereocenters. The Balaban J connectivity index is 1.79. The van der Waals surface area contributed by atoms with E-state index in [1.54, 1.807) is 0 Å². The van der Waals surface area contributed by atoms with Crippen molar-refractivity contribution < 1.29 is 23.4 Å². The van der Waals surface area contributed by atoms with Crippen LogP contribution in [0, 0.1) is 23.0 Å². The van der Waals surface area contributed by atoms with Crippen molar-refractivity contribution in [3.63, 3.8) is 0 Å². The van der Waals surface area contributed by atoms with Gasteiger partial charge in [0.1, 0.15) is 18.5 Å². The Bertz CT molecular complexity index is 757. The number of nitriles is 1. The molecule has 0 bridgehead atoms. The van der Waals surface area contributed by atoms with Gasteiger partial charge in [-0.3, -0.25) is 4.79 Å². The molecule has 0 radical (unpaired) electrons. The first-order chi connectivity index (χ1) is 11.5. The van der Waals surface area contributed by atoms with E-state index in [9.17, 15) is 18.7 Å². The summed E-state index contributed by atoms with van der Waals surface area (Å²) in [5, 5.41) is 21.0. The van der Waals surface area contributed by atoms with E-state index in [-0.39, 0.29) is 18.9 Å². The molecule has 0 saturated carbocycles. The molecule has 0 aromatic heterocycles. The summed E-state index contributed by atoms with van der Waals surface area (Å²) in [6.07, 6.45) is -1.03. The molecule has 0 spiro atoms. The zero-order valence-corrected chi connectivity index (χ0v) is 12.5. The van der Waals surface area contributed by atoms with Gasteiger partial charge < -0.3 is 15.2 Å². The van der Waals surface area contributed by atoms with Crippen molar-refractivity contribution in [2.45, 2.75) is 6.10 Å². The highest BCUT2D eigenvalue weighted by molar-refractivity contribution is 5.94. The van der Waals surface area contributed by atoms with Gasteiger partial charge in [0.25, 0.3) is 5.91 Å². The summed E-state index contributed by atoms with van der Waals surface area (Å²) >= 11 is 0. The van der Waals surface area contributed by atoms with Crippen LogP contribution in [0.25, 0.3) is 0 Å². The molecule has 0 aliphatic heterocycles. The number of rotatable bonds is 6. The summed E-state index contributed by atoms with van der Waals surface area (Å²) in [4.78, 5) is 11.9. The van der Waals surface area contributed by atoms with Crippen LogP contribution in [-0.4, -0.2) is 30.3 Å². The number of amides is 1. The largest absolute Gasteiger partial charge is 0.491 e. The van der Waals surface area contributed by atoms with Crippen molar-refractivity contribution >= 4 is 5.91 Å². The molecule has 0 aliphatic carbocycles. The maximum Gasteiger partial charge on any atom is 0.251 e. The zero-order valence-electron chi connectivity index (χ0n) is 12.5. The first-order valence-corrected chi connectivity index (χ1v) is 7.04. The normalized spacial score (nSPS) is 11.4. The Morgan fingerprint density at radius 1 is 1.21 bits per heavy atom. The number of aliphatic hydroxyl groups excluding tert-OH is 1. The SMILES string of the molecule is N#Cc1ccc(C(=O)NCC(O)COc2ccc(F)c(F)c2)cc1. The van der Waals surface area contributed by atoms with Gasteiger partial charge in [-0.2, -0.15) is 5.26 Å². The van der Waals surface area contributed by atoms with E-state index in [0.29, 0.717) is 11.1 Å². The van der Waals surface area contributed by atoms with Crippen molar-refractivity contribution in [1.29, 1.82) is 5.26 Å². The maximum atomic E-state index is 13.0. The van der Waals surface area contributed by atoms with E-state index >= 15 is 0 Å². The third-order valence-corrected chi connectivity index (χ3v) is 3.11. The Kier molecular flexibility index (Phi) is 5.82. The second kappa shape index (κ2) is 8.04. The van der Waals surface area contributed by atoms with Gasteiger partial charge in [0.15, 0.2) is 11.6 Å². The number of aliphatic hydroxyl groups is 1. The predicted octanol–water partition coefficient (Wildman–Crippen LogP) is 2.01. The Labute approximate surface area is 137 Å². The number of hydrogen-bond acceptors (Lipinski definition) is 4. The highest BCUT2D eigenvalue weighted by Gasteiger charge is 2.11. The lowest BCUT2D eigenvalue weighted by Crippen LogP contribution is -2.35. The van der Waals surface area contributed by atoms with Crippen LogP contribution in [0.1, 0.15) is 15.9 Å². The molecule has 1 unspecified atom stereocenters. The van der Waals surface area contributed by atoms with Crippen molar-refractivity contribution in [2.75, 3.05) is 13.2 Å². The number of nitrogens with one attached hydrogen (secondary N) is 1. The summed E-state index contributed by atoms with van der Waals surface area (Å²) < 4.78 is 30.9. The molecule has 124 valence electrons. The molecule has 7 heteroatoms. The second-order valence-corrected chi connectivity index (χ2v) is 4.94. The zero-order chi connectivity index (χ0) is 17.5. The van der Waals surface area contributed by atoms with Gasteiger partial charge in [-0.05, 0) is 36.4 Å². The molecule has 0 heterocycles. The lowest BCUT2D eigenvalue weighted by molar-refractivity contribution is 0.0843. The molecular formula is C17H14F2N2O3. The summed E-state index contributed by atoms with van der Waals surface area (Å²) in [6.45, 7) is -0.277. The van der Waals surface area contributed by atoms with Crippen molar-refractivity contribution in [3.05, 3.63) is 65.2 Å². The van der Waals surface area contributed by atoms with Crippen molar-refractivity contribution in [2.24, 2.45) is 0 Å². The summed E-state index contributed by atoms with van der Waals surface area (Å²) in [6, 6.07) is 11.0. The number of ether oxygens (including phenoxy) is 1. The third kappa shape index (κ3) is 4.76. The van der Waals surface area contributed by atoms with E-state index in [4.69, 9.17) is 10.00 Å². The van der Waals surface area contributed by atoms with Crippen molar-refractivity contribution in [3.8, 4) is 11.8 Å². The molecule has 2 N–H and O–H groups in total. The lowest BCUT2D eigenvalue weighted by atomic mass is 10.1. The van der Waals surface area contributed by atoms with Gasteiger partial charge in [-0.1, -0.05) is 0 Å². The predicted molar refractivity (Wildman–Crippen MR) is 81.4 cm³/mol. The molecular weight excluding hydrogens is 318 g/mol. The summed E-state index contributed by atoms with van der Waals surface area (Å²) in [7, 11) is 0. The van der Waals surface area contributed by atoms with E-state index in [2.05, 4.69) is 5.32 Å². The van der Waals surface area contributed by atoms with Crippen LogP contribution in [0.2, 0.25) is 0 Å². The highest BCUT2D eigenvalue weighted by Crippen LogP contribution is 2.15. The van der Waals surface area contributed by atoms with Crippen LogP contribution >= 0.6 is 0 Å². The molecule has 2 rings (SSSR count). The van der Waals surface area contributed by atoms with Gasteiger partial charge in [-0.15, -0.1) is 0 Å². The minimum Gasteiger partial charge on any atom is -0.491 e. The average molecular weight is 332 g/mol. The first kappa shape index (κ1) is 17.4. The lowest BCUT2D eigenvalue weighted by Gasteiger charge is -2.13. The monoisotopic (exact) mass is 332 g/mol. The van der Waals surface area contributed by atoms with Crippen LogP contribution in [0.5, 0.6) is 5.75 Å². The molecule has 0 saturated heterocycles.